The van der Waals surface area contributed by atoms with Crippen molar-refractivity contribution in [2.75, 3.05) is 13.2 Å². The topological polar surface area (TPSA) is 296 Å². The van der Waals surface area contributed by atoms with Crippen molar-refractivity contribution < 1.29 is 100 Å². The van der Waals surface area contributed by atoms with Crippen LogP contribution >= 0.6 is 0 Å². The van der Waals surface area contributed by atoms with Crippen molar-refractivity contribution in [3.63, 3.8) is 0 Å². The predicted molar refractivity (Wildman–Crippen MR) is 356 cm³/mol. The average molecular weight is 1370 g/mol. The summed E-state index contributed by atoms with van der Waals surface area (Å²) in [4.78, 5) is 167. The third-order valence-corrected chi connectivity index (χ3v) is 21.2. The molecule has 5 aliphatic heterocycles. The molecule has 7 rings (SSSR count). The third kappa shape index (κ3) is 23.9. The van der Waals surface area contributed by atoms with Crippen LogP contribution in [0.15, 0.2) is 48.6 Å². The van der Waals surface area contributed by atoms with Gasteiger partial charge in [-0.15, -0.1) is 0 Å². The Kier molecular flexibility index (Phi) is 33.3. The molecule has 5 heterocycles. The van der Waals surface area contributed by atoms with E-state index in [2.05, 4.69) is 26.0 Å². The van der Waals surface area contributed by atoms with E-state index in [4.69, 9.17) is 37.9 Å². The maximum atomic E-state index is 13.3. The van der Waals surface area contributed by atoms with Crippen LogP contribution in [0.1, 0.15) is 252 Å². The fraction of sp³-hybridized carbons (Fsp3) is 0.727. The molecule has 0 aromatic carbocycles. The maximum Gasteiger partial charge on any atom is 0.318 e. The van der Waals surface area contributed by atoms with Crippen molar-refractivity contribution in [3.05, 3.63) is 48.6 Å². The monoisotopic (exact) mass is 1370 g/mol. The molecule has 542 valence electrons. The van der Waals surface area contributed by atoms with Gasteiger partial charge in [-0.05, 0) is 112 Å². The van der Waals surface area contributed by atoms with Crippen molar-refractivity contribution in [2.45, 2.75) is 258 Å². The lowest BCUT2D eigenvalue weighted by Crippen LogP contribution is -2.40. The lowest BCUT2D eigenvalue weighted by atomic mass is 9.63. The number of carbonyl (C=O) groups is 13. The maximum absolute atomic E-state index is 13.3. The van der Waals surface area contributed by atoms with Crippen molar-refractivity contribution >= 4 is 77.6 Å². The van der Waals surface area contributed by atoms with Crippen LogP contribution in [0.5, 0.6) is 0 Å². The summed E-state index contributed by atoms with van der Waals surface area (Å²) in [6, 6.07) is 0. The van der Waals surface area contributed by atoms with Gasteiger partial charge in [-0.25, -0.2) is 0 Å². The lowest BCUT2D eigenvalue weighted by Gasteiger charge is -2.37. The van der Waals surface area contributed by atoms with Crippen LogP contribution in [-0.4, -0.2) is 96.9 Å². The van der Waals surface area contributed by atoms with Crippen LogP contribution < -0.4 is 0 Å². The smallest absolute Gasteiger partial charge is 0.318 e. The Balaban J connectivity index is 0.859. The van der Waals surface area contributed by atoms with Gasteiger partial charge in [0.1, 0.15) is 13.2 Å². The molecule has 0 saturated carbocycles. The molecule has 15 atom stereocenters. The standard InChI is InChI=1S/C77H108O21/c1-4-7-10-11-12-16-25-32-50(58-45-64(81)94-71(58)84)33-26-17-13-22-31-40-63(80)93-53(48-91-61(78)38-29-20-14-18-27-36-54(59-46-65(82)95-72(59)85)56-43-41-51(34-23-8-5-2)67-69(56)76(89)97-74(67)87)49-92-62(79)39-30-21-15-19-28-37-55(60-47-66(83)96-73(60)86)57-44-42-52(35-24-9-6-3)68-70(57)77(90)98-75(68)88/h8,23,25,32,41-44,50-60,67-70H,4-7,9-22,24,26-31,33-40,45-49H2,1-3H3/b23-8-,32-25+. The zero-order chi connectivity index (χ0) is 70.3. The van der Waals surface area contributed by atoms with Gasteiger partial charge in [0.15, 0.2) is 6.10 Å². The molecule has 0 radical (unpaired) electrons. The minimum Gasteiger partial charge on any atom is -0.462 e. The number of hydrogen-bond acceptors (Lipinski definition) is 21. The van der Waals surface area contributed by atoms with E-state index in [1.54, 1.807) is 0 Å². The van der Waals surface area contributed by atoms with E-state index in [-0.39, 0.29) is 69.5 Å². The number of esters is 13. The zero-order valence-electron chi connectivity index (χ0n) is 58.2. The Morgan fingerprint density at radius 1 is 0.418 bits per heavy atom. The number of carbonyl (C=O) groups excluding carboxylic acids is 13. The minimum absolute atomic E-state index is 0.0696. The Labute approximate surface area is 578 Å². The molecule has 0 N–H and O–H groups in total. The highest BCUT2D eigenvalue weighted by molar-refractivity contribution is 5.99. The van der Waals surface area contributed by atoms with Gasteiger partial charge in [-0.2, -0.15) is 0 Å². The molecule has 2 aliphatic carbocycles. The molecular formula is C77H108O21. The summed E-state index contributed by atoms with van der Waals surface area (Å²) in [5, 5.41) is 0. The second-order valence-corrected chi connectivity index (χ2v) is 28.3. The Hall–Kier alpha value is -6.93. The summed E-state index contributed by atoms with van der Waals surface area (Å²) >= 11 is 0. The summed E-state index contributed by atoms with van der Waals surface area (Å²) < 4.78 is 42.2. The molecule has 0 spiro atoms. The lowest BCUT2D eigenvalue weighted by molar-refractivity contribution is -0.167. The number of fused-ring (bicyclic) bond motifs is 2. The summed E-state index contributed by atoms with van der Waals surface area (Å²) in [6.07, 6.45) is 38.8. The van der Waals surface area contributed by atoms with Gasteiger partial charge in [0.25, 0.3) is 0 Å². The molecule has 21 heteroatoms. The number of cyclic esters (lactones) is 10. The van der Waals surface area contributed by atoms with Crippen LogP contribution in [-0.2, 0) is 100 Å². The van der Waals surface area contributed by atoms with Gasteiger partial charge in [-0.1, -0.05) is 191 Å². The Bertz CT molecular complexity index is 2860. The van der Waals surface area contributed by atoms with Gasteiger partial charge in [0.05, 0.1) is 60.7 Å². The van der Waals surface area contributed by atoms with E-state index in [1.807, 2.05) is 43.4 Å². The average Bonchev–Trinajstić information content (AvgIpc) is 1.58. The van der Waals surface area contributed by atoms with Gasteiger partial charge in [-0.3, -0.25) is 62.3 Å². The number of hydrogen-bond donors (Lipinski definition) is 0. The molecule has 5 fully saturated rings. The third-order valence-electron chi connectivity index (χ3n) is 21.2. The summed E-state index contributed by atoms with van der Waals surface area (Å²) in [5.74, 6) is -14.5. The molecule has 0 amide bonds. The quantitative estimate of drug-likeness (QED) is 0.0180. The molecular weight excluding hydrogens is 1260 g/mol. The van der Waals surface area contributed by atoms with Crippen molar-refractivity contribution in [1.82, 2.24) is 0 Å². The molecule has 15 unspecified atom stereocenters. The molecule has 21 nitrogen and oxygen atoms in total. The highest BCUT2D eigenvalue weighted by atomic mass is 16.6. The van der Waals surface area contributed by atoms with E-state index in [1.165, 1.54) is 19.3 Å². The van der Waals surface area contributed by atoms with Crippen LogP contribution in [0.4, 0.5) is 0 Å². The molecule has 0 aromatic rings. The summed E-state index contributed by atoms with van der Waals surface area (Å²) in [7, 11) is 0. The van der Waals surface area contributed by atoms with E-state index in [0.717, 1.165) is 109 Å². The van der Waals surface area contributed by atoms with Crippen LogP contribution in [0.3, 0.4) is 0 Å². The second-order valence-electron chi connectivity index (χ2n) is 28.3. The summed E-state index contributed by atoms with van der Waals surface area (Å²) in [5.41, 5.74) is 0. The molecule has 7 aliphatic rings. The fourth-order valence-corrected chi connectivity index (χ4v) is 15.9. The Morgan fingerprint density at radius 3 is 1.33 bits per heavy atom. The second kappa shape index (κ2) is 41.6. The van der Waals surface area contributed by atoms with E-state index in [9.17, 15) is 62.3 Å². The number of rotatable bonds is 48. The van der Waals surface area contributed by atoms with Crippen LogP contribution in [0.25, 0.3) is 0 Å². The van der Waals surface area contributed by atoms with E-state index >= 15 is 0 Å². The number of unbranched alkanes of at least 4 members (excludes halogenated alkanes) is 19. The number of allylic oxidation sites excluding steroid dienone is 8. The molecule has 5 saturated heterocycles. The van der Waals surface area contributed by atoms with Gasteiger partial charge >= 0.3 is 77.6 Å². The fourth-order valence-electron chi connectivity index (χ4n) is 15.9. The molecule has 0 aromatic heterocycles. The van der Waals surface area contributed by atoms with Gasteiger partial charge in [0.2, 0.25) is 0 Å². The van der Waals surface area contributed by atoms with Crippen molar-refractivity contribution in [2.24, 2.45) is 82.9 Å². The highest BCUT2D eigenvalue weighted by Crippen LogP contribution is 2.51. The van der Waals surface area contributed by atoms with Gasteiger partial charge < -0.3 is 37.9 Å². The van der Waals surface area contributed by atoms with Crippen LogP contribution in [0.2, 0.25) is 0 Å². The largest absolute Gasteiger partial charge is 0.462 e. The van der Waals surface area contributed by atoms with E-state index < -0.39 is 149 Å². The van der Waals surface area contributed by atoms with Crippen LogP contribution in [0, 0.1) is 82.9 Å². The van der Waals surface area contributed by atoms with Crippen molar-refractivity contribution in [3.8, 4) is 0 Å². The zero-order valence-corrected chi connectivity index (χ0v) is 58.2. The van der Waals surface area contributed by atoms with Crippen molar-refractivity contribution in [1.29, 1.82) is 0 Å². The first kappa shape index (κ1) is 78.4. The predicted octanol–water partition coefficient (Wildman–Crippen LogP) is 13.4. The van der Waals surface area contributed by atoms with Gasteiger partial charge in [0, 0.05) is 19.3 Å². The SMILES string of the molecule is CC/C=C\CC1C=CC(C(CCCCCCCC(=O)OCC(COC(=O)CCCCCCCC(C2CC(=O)OC2=O)C2C=CC(CCCCC)C3C(=O)OC(=O)C23)OC(=O)CCCCCCCC(/C=C/CCCCCCC)C2CC(=O)OC2=O)C2CC(=O)OC2=O)C2C(=O)OC(=O)C12. The first-order valence-corrected chi connectivity index (χ1v) is 37.4. The molecule has 0 bridgehead atoms. The number of ether oxygens (including phenoxy) is 8. The highest BCUT2D eigenvalue weighted by Gasteiger charge is 2.58. The van der Waals surface area contributed by atoms with E-state index in [0.29, 0.717) is 64.2 Å². The first-order chi connectivity index (χ1) is 47.4. The molecule has 98 heavy (non-hydrogen) atoms. The first-order valence-electron chi connectivity index (χ1n) is 37.4. The Morgan fingerprint density at radius 2 is 0.837 bits per heavy atom. The minimum atomic E-state index is -1.07. The normalized spacial score (nSPS) is 26.3. The summed E-state index contributed by atoms with van der Waals surface area (Å²) in [6.45, 7) is 5.61.